The minimum Gasteiger partial charge on any atom is -0.493 e. The second-order valence-corrected chi connectivity index (χ2v) is 9.42. The van der Waals surface area contributed by atoms with Crippen molar-refractivity contribution in [3.05, 3.63) is 53.3 Å². The van der Waals surface area contributed by atoms with Gasteiger partial charge in [0.25, 0.3) is 0 Å². The number of hydrogen-bond donors (Lipinski definition) is 2. The molecule has 0 aromatic heterocycles. The summed E-state index contributed by atoms with van der Waals surface area (Å²) in [5.41, 5.74) is -0.343. The summed E-state index contributed by atoms with van der Waals surface area (Å²) in [4.78, 5) is 14.8. The third-order valence-electron chi connectivity index (χ3n) is 7.15. The van der Waals surface area contributed by atoms with Crippen LogP contribution in [0.15, 0.2) is 36.4 Å². The molecule has 1 aliphatic heterocycles. The van der Waals surface area contributed by atoms with Gasteiger partial charge in [0, 0.05) is 30.2 Å². The largest absolute Gasteiger partial charge is 0.493 e. The zero-order valence-corrected chi connectivity index (χ0v) is 19.8. The van der Waals surface area contributed by atoms with Crippen molar-refractivity contribution >= 4 is 11.7 Å². The number of hydrogen-bond acceptors (Lipinski definition) is 4. The van der Waals surface area contributed by atoms with Crippen molar-refractivity contribution in [1.82, 2.24) is 10.2 Å². The highest BCUT2D eigenvalue weighted by Gasteiger charge is 2.50. The Bertz CT molecular complexity index is 1090. The van der Waals surface area contributed by atoms with Gasteiger partial charge in [-0.25, -0.2) is 9.18 Å². The molecule has 4 rings (SSSR count). The molecule has 190 valence electrons. The Hall–Kier alpha value is -3.01. The first-order valence-electron chi connectivity index (χ1n) is 11.4. The quantitative estimate of drug-likeness (QED) is 0.571. The molecule has 35 heavy (non-hydrogen) atoms. The van der Waals surface area contributed by atoms with E-state index in [0.717, 1.165) is 37.2 Å². The fourth-order valence-electron chi connectivity index (χ4n) is 5.63. The number of carbonyl (C=O) groups is 1. The minimum absolute atomic E-state index is 0.104. The number of nitrogens with one attached hydrogen (secondary N) is 2. The zero-order valence-electron chi connectivity index (χ0n) is 19.8. The van der Waals surface area contributed by atoms with Crippen LogP contribution in [0.2, 0.25) is 0 Å². The number of likely N-dealkylation sites (tertiary alicyclic amines) is 1. The lowest BCUT2D eigenvalue weighted by molar-refractivity contribution is -0.137. The average Bonchev–Trinajstić information content (AvgIpc) is 3.13. The third kappa shape index (κ3) is 5.17. The van der Waals surface area contributed by atoms with Gasteiger partial charge in [0.2, 0.25) is 0 Å². The molecule has 1 heterocycles. The number of ether oxygens (including phenoxy) is 2. The molecular formula is C25H29F4N3O3. The number of methoxy groups -OCH3 is 2. The van der Waals surface area contributed by atoms with Crippen molar-refractivity contribution in [2.24, 2.45) is 5.92 Å². The Labute approximate surface area is 201 Å². The summed E-state index contributed by atoms with van der Waals surface area (Å²) in [6, 6.07) is 7.17. The van der Waals surface area contributed by atoms with Crippen LogP contribution >= 0.6 is 0 Å². The smallest absolute Gasteiger partial charge is 0.416 e. The molecule has 2 aliphatic rings. The van der Waals surface area contributed by atoms with E-state index in [9.17, 15) is 22.4 Å². The number of fused-ring (bicyclic) bond motifs is 1. The fourth-order valence-corrected chi connectivity index (χ4v) is 5.63. The second kappa shape index (κ2) is 9.56. The van der Waals surface area contributed by atoms with E-state index < -0.39 is 23.6 Å². The molecule has 2 fully saturated rings. The monoisotopic (exact) mass is 495 g/mol. The van der Waals surface area contributed by atoms with Gasteiger partial charge in [-0.05, 0) is 68.1 Å². The molecule has 2 N–H and O–H groups in total. The lowest BCUT2D eigenvalue weighted by Gasteiger charge is -2.42. The van der Waals surface area contributed by atoms with Crippen LogP contribution in [0.4, 0.5) is 28.0 Å². The van der Waals surface area contributed by atoms with Crippen molar-refractivity contribution in [3.8, 4) is 11.5 Å². The second-order valence-electron chi connectivity index (χ2n) is 9.42. The first-order valence-corrected chi connectivity index (χ1v) is 11.4. The number of alkyl halides is 3. The van der Waals surface area contributed by atoms with Gasteiger partial charge < -0.3 is 25.0 Å². The molecule has 2 aromatic rings. The van der Waals surface area contributed by atoms with E-state index in [1.54, 1.807) is 14.2 Å². The van der Waals surface area contributed by atoms with Gasteiger partial charge in [-0.15, -0.1) is 0 Å². The normalized spacial score (nSPS) is 24.5. The molecule has 0 unspecified atom stereocenters. The van der Waals surface area contributed by atoms with Crippen LogP contribution in [-0.2, 0) is 11.6 Å². The minimum atomic E-state index is -4.71. The molecule has 6 nitrogen and oxygen atoms in total. The van der Waals surface area contributed by atoms with Gasteiger partial charge >= 0.3 is 12.2 Å². The van der Waals surface area contributed by atoms with E-state index in [1.807, 2.05) is 12.1 Å². The van der Waals surface area contributed by atoms with Gasteiger partial charge in [-0.2, -0.15) is 13.2 Å². The third-order valence-corrected chi connectivity index (χ3v) is 7.15. The maximum atomic E-state index is 13.7. The zero-order chi connectivity index (χ0) is 25.4. The van der Waals surface area contributed by atoms with Crippen molar-refractivity contribution in [1.29, 1.82) is 0 Å². The molecular weight excluding hydrogens is 466 g/mol. The number of rotatable bonds is 5. The van der Waals surface area contributed by atoms with Gasteiger partial charge in [-0.3, -0.25) is 0 Å². The number of anilines is 1. The summed E-state index contributed by atoms with van der Waals surface area (Å²) < 4.78 is 63.4. The van der Waals surface area contributed by atoms with Gasteiger partial charge in [0.05, 0.1) is 19.8 Å². The summed E-state index contributed by atoms with van der Waals surface area (Å²) in [6.45, 7) is 1.72. The molecule has 1 aliphatic carbocycles. The van der Waals surface area contributed by atoms with E-state index in [2.05, 4.69) is 28.6 Å². The highest BCUT2D eigenvalue weighted by atomic mass is 19.4. The van der Waals surface area contributed by atoms with Crippen molar-refractivity contribution in [2.75, 3.05) is 39.7 Å². The van der Waals surface area contributed by atoms with Crippen LogP contribution in [0, 0.1) is 11.7 Å². The van der Waals surface area contributed by atoms with Crippen LogP contribution in [0.25, 0.3) is 0 Å². The maximum absolute atomic E-state index is 13.7. The summed E-state index contributed by atoms with van der Waals surface area (Å²) in [5, 5.41) is 5.21. The lowest BCUT2D eigenvalue weighted by Crippen LogP contribution is -2.48. The average molecular weight is 496 g/mol. The number of urea groups is 1. The van der Waals surface area contributed by atoms with E-state index >= 15 is 0 Å². The Balaban J connectivity index is 1.47. The van der Waals surface area contributed by atoms with E-state index in [0.29, 0.717) is 30.4 Å². The van der Waals surface area contributed by atoms with E-state index in [4.69, 9.17) is 9.47 Å². The summed E-state index contributed by atoms with van der Waals surface area (Å²) in [5.74, 6) is 0.520. The number of likely N-dealkylation sites (N-methyl/N-ethyl adjacent to an activating group) is 1. The fraction of sp³-hybridized carbons (Fsp3) is 0.480. The van der Waals surface area contributed by atoms with Gasteiger partial charge in [0.1, 0.15) is 5.82 Å². The predicted octanol–water partition coefficient (Wildman–Crippen LogP) is 5.04. The molecule has 10 heteroatoms. The van der Waals surface area contributed by atoms with Crippen LogP contribution < -0.4 is 20.1 Å². The predicted molar refractivity (Wildman–Crippen MR) is 123 cm³/mol. The molecule has 1 saturated heterocycles. The van der Waals surface area contributed by atoms with Crippen LogP contribution in [-0.4, -0.2) is 51.3 Å². The molecule has 1 saturated carbocycles. The number of benzene rings is 2. The summed E-state index contributed by atoms with van der Waals surface area (Å²) in [6.07, 6.45) is -2.48. The number of amides is 2. The van der Waals surface area contributed by atoms with Crippen molar-refractivity contribution in [2.45, 2.75) is 36.9 Å². The van der Waals surface area contributed by atoms with E-state index in [-0.39, 0.29) is 23.1 Å². The van der Waals surface area contributed by atoms with Crippen LogP contribution in [0.5, 0.6) is 11.5 Å². The maximum Gasteiger partial charge on any atom is 0.416 e. The highest BCUT2D eigenvalue weighted by Crippen LogP contribution is 2.49. The SMILES string of the molecule is COc1ccc([C@@]23CC[C@@H](NC(=O)Nc4cc(F)cc(C(F)(F)F)c4)C[C@@H]2CN(C)C3)cc1OC. The number of halogens is 4. The highest BCUT2D eigenvalue weighted by molar-refractivity contribution is 5.89. The Morgan fingerprint density at radius 2 is 1.86 bits per heavy atom. The van der Waals surface area contributed by atoms with E-state index in [1.165, 1.54) is 0 Å². The Morgan fingerprint density at radius 1 is 1.11 bits per heavy atom. The van der Waals surface area contributed by atoms with Crippen LogP contribution in [0.1, 0.15) is 30.4 Å². The Morgan fingerprint density at radius 3 is 2.54 bits per heavy atom. The molecule has 3 atom stereocenters. The topological polar surface area (TPSA) is 62.8 Å². The molecule has 2 amide bonds. The Kier molecular flexibility index (Phi) is 6.86. The summed E-state index contributed by atoms with van der Waals surface area (Å²) in [7, 11) is 5.27. The van der Waals surface area contributed by atoms with Gasteiger partial charge in [-0.1, -0.05) is 6.07 Å². The van der Waals surface area contributed by atoms with Crippen molar-refractivity contribution < 1.29 is 31.8 Å². The van der Waals surface area contributed by atoms with Crippen LogP contribution in [0.3, 0.4) is 0 Å². The number of carbonyl (C=O) groups excluding carboxylic acids is 1. The van der Waals surface area contributed by atoms with Gasteiger partial charge in [0.15, 0.2) is 11.5 Å². The summed E-state index contributed by atoms with van der Waals surface area (Å²) >= 11 is 0. The standard InChI is InChI=1S/C25H29F4N3O3/c1-32-13-17-10-19(30-23(33)31-20-9-16(25(27,28)29)8-18(26)12-20)6-7-24(17,14-32)15-4-5-21(34-2)22(11-15)35-3/h4-5,8-9,11-12,17,19H,6-7,10,13-14H2,1-3H3,(H2,30,31,33)/t17-,19-,24+/m1/s1. The first-order chi connectivity index (χ1) is 16.5. The number of nitrogens with zero attached hydrogens (tertiary/aromatic N) is 1. The molecule has 0 bridgehead atoms. The lowest BCUT2D eigenvalue weighted by atomic mass is 9.63. The molecule has 0 spiro atoms. The first kappa shape index (κ1) is 25.1. The molecule has 2 aromatic carbocycles. The molecule has 0 radical (unpaired) electrons. The van der Waals surface area contributed by atoms with Crippen molar-refractivity contribution in [3.63, 3.8) is 0 Å².